The second-order valence-electron chi connectivity index (χ2n) is 10.3. The lowest BCUT2D eigenvalue weighted by atomic mass is 10.2. The van der Waals surface area contributed by atoms with E-state index in [2.05, 4.69) is 25.5 Å². The van der Waals surface area contributed by atoms with Gasteiger partial charge in [0.1, 0.15) is 0 Å². The fraction of sp³-hybridized carbons (Fsp3) is 0.219. The van der Waals surface area contributed by atoms with Gasteiger partial charge in [-0.05, 0) is 39.7 Å². The van der Waals surface area contributed by atoms with E-state index in [-0.39, 0.29) is 12.4 Å². The topological polar surface area (TPSA) is 92.0 Å². The number of furan rings is 1. The summed E-state index contributed by atoms with van der Waals surface area (Å²) in [4.78, 5) is 39.4. The van der Waals surface area contributed by atoms with Gasteiger partial charge >= 0.3 is 11.9 Å². The Morgan fingerprint density at radius 3 is 1.85 bits per heavy atom. The number of carbonyl (C=O) groups is 3. The smallest absolute Gasteiger partial charge is 0.378 e. The van der Waals surface area contributed by atoms with Crippen LogP contribution in [0.5, 0.6) is 0 Å². The number of hydrogen-bond acceptors (Lipinski definition) is 8. The molecule has 1 heterocycles. The highest BCUT2D eigenvalue weighted by Gasteiger charge is 2.51. The Balaban J connectivity index is 1.63. The normalized spacial score (nSPS) is 12.4. The molecule has 0 spiro atoms. The van der Waals surface area contributed by atoms with E-state index in [0.717, 1.165) is 22.4 Å². The van der Waals surface area contributed by atoms with Gasteiger partial charge in [0, 0.05) is 4.90 Å². The largest absolute Gasteiger partial charge is 0.463 e. The number of carbonyl (C=O) groups excluding carboxylic acids is 3. The van der Waals surface area contributed by atoms with Gasteiger partial charge in [-0.1, -0.05) is 111 Å². The zero-order chi connectivity index (χ0) is 29.5. The first-order valence-electron chi connectivity index (χ1n) is 13.1. The summed E-state index contributed by atoms with van der Waals surface area (Å²) in [5.74, 6) is -3.15. The standard InChI is InChI=1S/C32H32O7SSi/c1-32(2,3)41(24-16-10-6-11-17-24,25-18-12-7-13-19-25)37-22-27(29(33)31(35)36-4)39-30(34)26-20-21-28(38-26)40-23-14-8-5-9-15-23/h5-21,27H,22H2,1-4H3/t27-/m1/s1. The molecular weight excluding hydrogens is 556 g/mol. The maximum absolute atomic E-state index is 13.1. The van der Waals surface area contributed by atoms with E-state index < -0.39 is 37.2 Å². The summed E-state index contributed by atoms with van der Waals surface area (Å²) in [5, 5.41) is 2.02. The Labute approximate surface area is 244 Å². The molecule has 0 saturated heterocycles. The quantitative estimate of drug-likeness (QED) is 0.133. The van der Waals surface area contributed by atoms with Crippen LogP contribution in [0.25, 0.3) is 0 Å². The molecule has 7 nitrogen and oxygen atoms in total. The van der Waals surface area contributed by atoms with Crippen LogP contribution in [0.15, 0.2) is 118 Å². The zero-order valence-electron chi connectivity index (χ0n) is 23.4. The van der Waals surface area contributed by atoms with Gasteiger partial charge in [0.15, 0.2) is 11.2 Å². The highest BCUT2D eigenvalue weighted by Crippen LogP contribution is 2.37. The van der Waals surface area contributed by atoms with E-state index in [1.54, 1.807) is 6.07 Å². The molecule has 0 bridgehead atoms. The number of methoxy groups -OCH3 is 1. The molecule has 0 N–H and O–H groups in total. The van der Waals surface area contributed by atoms with E-state index >= 15 is 0 Å². The number of ketones is 1. The predicted molar refractivity (Wildman–Crippen MR) is 159 cm³/mol. The third-order valence-electron chi connectivity index (χ3n) is 6.54. The summed E-state index contributed by atoms with van der Waals surface area (Å²) >= 11 is 1.34. The lowest BCUT2D eigenvalue weighted by Gasteiger charge is -2.43. The molecule has 0 saturated carbocycles. The maximum Gasteiger partial charge on any atom is 0.378 e. The number of Topliss-reactive ketones (excluding diaryl/α,β-unsaturated/α-hetero) is 1. The average molecular weight is 589 g/mol. The van der Waals surface area contributed by atoms with Gasteiger partial charge in [-0.25, -0.2) is 9.59 Å². The van der Waals surface area contributed by atoms with Crippen LogP contribution in [0.4, 0.5) is 0 Å². The SMILES string of the molecule is COC(=O)C(=O)[C@@H](CO[Si](c1ccccc1)(c1ccccc1)C(C)(C)C)OC(=O)c1ccc(Sc2ccccc2)o1. The number of rotatable bonds is 11. The number of hydrogen-bond donors (Lipinski definition) is 0. The average Bonchev–Trinajstić information content (AvgIpc) is 3.45. The van der Waals surface area contributed by atoms with Crippen LogP contribution in [0.1, 0.15) is 31.3 Å². The van der Waals surface area contributed by atoms with Gasteiger partial charge in [-0.3, -0.25) is 4.79 Å². The number of benzene rings is 3. The molecule has 41 heavy (non-hydrogen) atoms. The fourth-order valence-electron chi connectivity index (χ4n) is 4.63. The highest BCUT2D eigenvalue weighted by atomic mass is 32.2. The molecule has 212 valence electrons. The summed E-state index contributed by atoms with van der Waals surface area (Å²) in [6.07, 6.45) is -1.55. The van der Waals surface area contributed by atoms with Crippen LogP contribution in [0, 0.1) is 0 Å². The monoisotopic (exact) mass is 588 g/mol. The Hall–Kier alpha value is -3.92. The first kappa shape index (κ1) is 30.0. The van der Waals surface area contributed by atoms with E-state index in [4.69, 9.17) is 13.6 Å². The van der Waals surface area contributed by atoms with Gasteiger partial charge < -0.3 is 18.3 Å². The second-order valence-corrected chi connectivity index (χ2v) is 15.6. The maximum atomic E-state index is 13.1. The Kier molecular flexibility index (Phi) is 9.64. The molecular formula is C32H32O7SSi. The van der Waals surface area contributed by atoms with E-state index in [0.29, 0.717) is 5.09 Å². The third kappa shape index (κ3) is 6.87. The van der Waals surface area contributed by atoms with E-state index in [1.165, 1.54) is 17.8 Å². The predicted octanol–water partition coefficient (Wildman–Crippen LogP) is 5.27. The minimum Gasteiger partial charge on any atom is -0.463 e. The summed E-state index contributed by atoms with van der Waals surface area (Å²) < 4.78 is 22.7. The third-order valence-corrected chi connectivity index (χ3v) is 12.5. The zero-order valence-corrected chi connectivity index (χ0v) is 25.2. The van der Waals surface area contributed by atoms with Crippen molar-refractivity contribution in [1.82, 2.24) is 0 Å². The van der Waals surface area contributed by atoms with Crippen LogP contribution in [-0.2, 0) is 23.5 Å². The van der Waals surface area contributed by atoms with Gasteiger partial charge in [0.25, 0.3) is 14.1 Å². The molecule has 0 amide bonds. The first-order valence-corrected chi connectivity index (χ1v) is 15.8. The van der Waals surface area contributed by atoms with Crippen molar-refractivity contribution >= 4 is 48.2 Å². The van der Waals surface area contributed by atoms with Gasteiger partial charge in [0.05, 0.1) is 13.7 Å². The molecule has 0 aliphatic carbocycles. The molecule has 1 aromatic heterocycles. The van der Waals surface area contributed by atoms with Crippen LogP contribution in [0.3, 0.4) is 0 Å². The molecule has 0 radical (unpaired) electrons. The van der Waals surface area contributed by atoms with Crippen molar-refractivity contribution in [3.05, 3.63) is 109 Å². The number of ether oxygens (including phenoxy) is 2. The minimum absolute atomic E-state index is 0.100. The van der Waals surface area contributed by atoms with E-state index in [1.807, 2.05) is 91.0 Å². The molecule has 0 fully saturated rings. The van der Waals surface area contributed by atoms with Crippen molar-refractivity contribution in [3.63, 3.8) is 0 Å². The summed E-state index contributed by atoms with van der Waals surface area (Å²) in [7, 11) is -2.00. The molecule has 0 aliphatic heterocycles. The Bertz CT molecular complexity index is 1420. The van der Waals surface area contributed by atoms with Gasteiger partial charge in [-0.15, -0.1) is 0 Å². The summed E-state index contributed by atoms with van der Waals surface area (Å²) in [6.45, 7) is 5.89. The molecule has 3 aromatic carbocycles. The van der Waals surface area contributed by atoms with Crippen molar-refractivity contribution in [1.29, 1.82) is 0 Å². The molecule has 9 heteroatoms. The Morgan fingerprint density at radius 1 is 0.805 bits per heavy atom. The molecule has 4 aromatic rings. The van der Waals surface area contributed by atoms with Crippen molar-refractivity contribution in [3.8, 4) is 0 Å². The fourth-order valence-corrected chi connectivity index (χ4v) is 9.98. The Morgan fingerprint density at radius 2 is 1.34 bits per heavy atom. The van der Waals surface area contributed by atoms with E-state index in [9.17, 15) is 14.4 Å². The molecule has 4 rings (SSSR count). The van der Waals surface area contributed by atoms with Crippen LogP contribution < -0.4 is 10.4 Å². The first-order chi connectivity index (χ1) is 19.7. The second kappa shape index (κ2) is 13.2. The van der Waals surface area contributed by atoms with Gasteiger partial charge in [-0.2, -0.15) is 0 Å². The number of esters is 2. The van der Waals surface area contributed by atoms with Crippen LogP contribution in [0.2, 0.25) is 5.04 Å². The van der Waals surface area contributed by atoms with Gasteiger partial charge in [0.2, 0.25) is 5.76 Å². The molecule has 0 aliphatic rings. The lowest BCUT2D eigenvalue weighted by molar-refractivity contribution is -0.156. The van der Waals surface area contributed by atoms with Crippen LogP contribution >= 0.6 is 11.8 Å². The molecule has 0 unspecified atom stereocenters. The minimum atomic E-state index is -3.09. The van der Waals surface area contributed by atoms with Crippen molar-refractivity contribution in [2.24, 2.45) is 0 Å². The van der Waals surface area contributed by atoms with Crippen LogP contribution in [-0.4, -0.2) is 45.9 Å². The summed E-state index contributed by atoms with van der Waals surface area (Å²) in [5.41, 5.74) is 0. The summed E-state index contributed by atoms with van der Waals surface area (Å²) in [6, 6.07) is 32.3. The van der Waals surface area contributed by atoms with Crippen molar-refractivity contribution in [2.75, 3.05) is 13.7 Å². The van der Waals surface area contributed by atoms with Crippen molar-refractivity contribution < 1.29 is 32.7 Å². The van der Waals surface area contributed by atoms with Crippen molar-refractivity contribution in [2.45, 2.75) is 41.9 Å². The highest BCUT2D eigenvalue weighted by molar-refractivity contribution is 7.99. The molecule has 1 atom stereocenters. The lowest BCUT2D eigenvalue weighted by Crippen LogP contribution is -2.67.